The van der Waals surface area contributed by atoms with E-state index >= 15 is 0 Å². The largest absolute Gasteiger partial charge is 0.453 e. The van der Waals surface area contributed by atoms with E-state index < -0.39 is 17.3 Å². The van der Waals surface area contributed by atoms with Crippen molar-refractivity contribution in [1.29, 1.82) is 0 Å². The smallest absolute Gasteiger partial charge is 0.249 e. The number of nitrogens with one attached hydrogen (secondary N) is 2. The van der Waals surface area contributed by atoms with Crippen LogP contribution in [-0.4, -0.2) is 17.4 Å². The summed E-state index contributed by atoms with van der Waals surface area (Å²) in [4.78, 5) is 23.4. The number of carbonyl (C=O) groups is 2. The van der Waals surface area contributed by atoms with Gasteiger partial charge in [0.15, 0.2) is 11.6 Å². The quantitative estimate of drug-likeness (QED) is 0.761. The van der Waals surface area contributed by atoms with Crippen LogP contribution < -0.4 is 15.4 Å². The highest BCUT2D eigenvalue weighted by Gasteiger charge is 2.28. The Balaban J connectivity index is 2.15. The van der Waals surface area contributed by atoms with Crippen LogP contribution in [0.5, 0.6) is 11.5 Å². The number of amides is 2. The van der Waals surface area contributed by atoms with Crippen molar-refractivity contribution >= 4 is 40.7 Å². The molecule has 0 radical (unpaired) electrons. The van der Waals surface area contributed by atoms with E-state index in [9.17, 15) is 14.0 Å². The third kappa shape index (κ3) is 5.09. The lowest BCUT2D eigenvalue weighted by atomic mass is 10.0. The Kier molecular flexibility index (Phi) is 6.10. The Morgan fingerprint density at radius 2 is 1.77 bits per heavy atom. The average Bonchev–Trinajstić information content (AvgIpc) is 2.52. The molecule has 2 amide bonds. The van der Waals surface area contributed by atoms with Gasteiger partial charge >= 0.3 is 0 Å². The number of halogens is 3. The lowest BCUT2D eigenvalue weighted by Gasteiger charge is -2.24. The number of ether oxygens (including phenoxy) is 1. The first kappa shape index (κ1) is 20.0. The number of benzene rings is 2. The van der Waals surface area contributed by atoms with Crippen LogP contribution in [0.1, 0.15) is 20.8 Å². The van der Waals surface area contributed by atoms with Crippen molar-refractivity contribution < 1.29 is 18.7 Å². The molecular weight excluding hydrogens is 382 g/mol. The van der Waals surface area contributed by atoms with E-state index in [1.165, 1.54) is 31.2 Å². The van der Waals surface area contributed by atoms with E-state index in [4.69, 9.17) is 27.9 Å². The lowest BCUT2D eigenvalue weighted by Crippen LogP contribution is -2.51. The fourth-order valence-electron chi connectivity index (χ4n) is 2.12. The van der Waals surface area contributed by atoms with E-state index in [0.29, 0.717) is 5.02 Å². The molecule has 0 fully saturated rings. The van der Waals surface area contributed by atoms with Gasteiger partial charge in [0.25, 0.3) is 0 Å². The molecule has 0 aliphatic heterocycles. The summed E-state index contributed by atoms with van der Waals surface area (Å²) in [6.07, 6.45) is 0. The summed E-state index contributed by atoms with van der Waals surface area (Å²) in [5.41, 5.74) is -0.929. The Bertz CT molecular complexity index is 856. The number of rotatable bonds is 5. The van der Waals surface area contributed by atoms with Crippen molar-refractivity contribution in [2.45, 2.75) is 26.3 Å². The molecule has 2 aromatic carbocycles. The minimum atomic E-state index is -1.15. The second-order valence-corrected chi connectivity index (χ2v) is 6.93. The maximum absolute atomic E-state index is 14.3. The zero-order valence-corrected chi connectivity index (χ0v) is 15.8. The number of carbonyl (C=O) groups excluding carboxylic acids is 2. The average molecular weight is 399 g/mol. The predicted octanol–water partition coefficient (Wildman–Crippen LogP) is 4.78. The SMILES string of the molecule is CC(=O)NC(C)(C)C(=O)Nc1ccc(Oc2cc(Cl)ccc2Cl)c(F)c1. The van der Waals surface area contributed by atoms with Gasteiger partial charge in [-0.2, -0.15) is 0 Å². The first-order valence-corrected chi connectivity index (χ1v) is 8.37. The normalized spacial score (nSPS) is 11.0. The summed E-state index contributed by atoms with van der Waals surface area (Å²) in [7, 11) is 0. The predicted molar refractivity (Wildman–Crippen MR) is 99.5 cm³/mol. The topological polar surface area (TPSA) is 67.4 Å². The second-order valence-electron chi connectivity index (χ2n) is 6.08. The zero-order chi connectivity index (χ0) is 19.5. The minimum absolute atomic E-state index is 0.0757. The zero-order valence-electron chi connectivity index (χ0n) is 14.3. The summed E-state index contributed by atoms with van der Waals surface area (Å²) in [5.74, 6) is -1.40. The number of anilines is 1. The van der Waals surface area contributed by atoms with Crippen LogP contribution in [0.2, 0.25) is 10.0 Å². The monoisotopic (exact) mass is 398 g/mol. The van der Waals surface area contributed by atoms with Gasteiger partial charge in [0.1, 0.15) is 11.3 Å². The Hall–Kier alpha value is -2.31. The van der Waals surface area contributed by atoms with E-state index in [1.807, 2.05) is 0 Å². The third-order valence-electron chi connectivity index (χ3n) is 3.36. The van der Waals surface area contributed by atoms with Crippen molar-refractivity contribution in [3.05, 3.63) is 52.3 Å². The van der Waals surface area contributed by atoms with Gasteiger partial charge in [0.2, 0.25) is 11.8 Å². The molecule has 0 atom stereocenters. The molecule has 0 heterocycles. The van der Waals surface area contributed by atoms with E-state index in [0.717, 1.165) is 6.07 Å². The molecule has 0 aliphatic rings. The first-order valence-electron chi connectivity index (χ1n) is 7.61. The highest BCUT2D eigenvalue weighted by atomic mass is 35.5. The number of hydrogen-bond donors (Lipinski definition) is 2. The van der Waals surface area contributed by atoms with Gasteiger partial charge in [0.05, 0.1) is 5.02 Å². The van der Waals surface area contributed by atoms with Gasteiger partial charge in [-0.15, -0.1) is 0 Å². The van der Waals surface area contributed by atoms with E-state index in [2.05, 4.69) is 10.6 Å². The van der Waals surface area contributed by atoms with Crippen molar-refractivity contribution in [2.75, 3.05) is 5.32 Å². The van der Waals surface area contributed by atoms with Crippen LogP contribution >= 0.6 is 23.2 Å². The van der Waals surface area contributed by atoms with Crippen molar-refractivity contribution in [3.8, 4) is 11.5 Å². The van der Waals surface area contributed by atoms with Crippen molar-refractivity contribution in [3.63, 3.8) is 0 Å². The second kappa shape index (κ2) is 7.93. The molecule has 0 aromatic heterocycles. The summed E-state index contributed by atoms with van der Waals surface area (Å²) >= 11 is 11.9. The molecule has 5 nitrogen and oxygen atoms in total. The van der Waals surface area contributed by atoms with Crippen LogP contribution in [0.4, 0.5) is 10.1 Å². The van der Waals surface area contributed by atoms with Crippen LogP contribution in [0.15, 0.2) is 36.4 Å². The summed E-state index contributed by atoms with van der Waals surface area (Å²) in [6, 6.07) is 8.52. The maximum Gasteiger partial charge on any atom is 0.249 e. The highest BCUT2D eigenvalue weighted by Crippen LogP contribution is 2.33. The van der Waals surface area contributed by atoms with Gasteiger partial charge in [-0.05, 0) is 38.1 Å². The third-order valence-corrected chi connectivity index (χ3v) is 3.91. The lowest BCUT2D eigenvalue weighted by molar-refractivity contribution is -0.128. The van der Waals surface area contributed by atoms with E-state index in [1.54, 1.807) is 19.9 Å². The first-order chi connectivity index (χ1) is 12.1. The Morgan fingerprint density at radius 3 is 2.38 bits per heavy atom. The molecule has 8 heteroatoms. The fourth-order valence-corrected chi connectivity index (χ4v) is 2.44. The molecule has 138 valence electrons. The summed E-state index contributed by atoms with van der Waals surface area (Å²) < 4.78 is 19.7. The van der Waals surface area contributed by atoms with Gasteiger partial charge in [-0.3, -0.25) is 9.59 Å². The highest BCUT2D eigenvalue weighted by molar-refractivity contribution is 6.34. The number of hydrogen-bond acceptors (Lipinski definition) is 3. The fraction of sp³-hybridized carbons (Fsp3) is 0.222. The molecule has 0 bridgehead atoms. The molecule has 0 unspecified atom stereocenters. The molecule has 26 heavy (non-hydrogen) atoms. The Labute approximate surface area is 160 Å². The summed E-state index contributed by atoms with van der Waals surface area (Å²) in [6.45, 7) is 4.39. The minimum Gasteiger partial charge on any atom is -0.453 e. The van der Waals surface area contributed by atoms with Crippen LogP contribution in [0.3, 0.4) is 0 Å². The maximum atomic E-state index is 14.3. The van der Waals surface area contributed by atoms with Crippen molar-refractivity contribution in [2.24, 2.45) is 0 Å². The van der Waals surface area contributed by atoms with Crippen molar-refractivity contribution in [1.82, 2.24) is 5.32 Å². The van der Waals surface area contributed by atoms with E-state index in [-0.39, 0.29) is 28.1 Å². The Morgan fingerprint density at radius 1 is 1.08 bits per heavy atom. The van der Waals surface area contributed by atoms with Crippen LogP contribution in [0, 0.1) is 5.82 Å². The van der Waals surface area contributed by atoms with Gasteiger partial charge in [0, 0.05) is 29.8 Å². The molecule has 2 aromatic rings. The molecule has 0 saturated carbocycles. The molecule has 0 saturated heterocycles. The van der Waals surface area contributed by atoms with Crippen LogP contribution in [0.25, 0.3) is 0 Å². The standard InChI is InChI=1S/C18H17Cl2FN2O3/c1-10(24)23-18(2,3)17(25)22-12-5-7-15(14(21)9-12)26-16-8-11(19)4-6-13(16)20/h4-9H,1-3H3,(H,22,25)(H,23,24). The molecule has 2 N–H and O–H groups in total. The molecule has 0 spiro atoms. The van der Waals surface area contributed by atoms with Gasteiger partial charge in [-0.1, -0.05) is 23.2 Å². The van der Waals surface area contributed by atoms with Gasteiger partial charge in [-0.25, -0.2) is 4.39 Å². The molecule has 0 aliphatic carbocycles. The summed E-state index contributed by atoms with van der Waals surface area (Å²) in [5, 5.41) is 5.73. The molecular formula is C18H17Cl2FN2O3. The van der Waals surface area contributed by atoms with Crippen LogP contribution in [-0.2, 0) is 9.59 Å². The molecule has 2 rings (SSSR count). The van der Waals surface area contributed by atoms with Gasteiger partial charge < -0.3 is 15.4 Å².